The highest BCUT2D eigenvalue weighted by atomic mass is 127. The second kappa shape index (κ2) is 5.51. The third-order valence-corrected chi connectivity index (χ3v) is 4.04. The summed E-state index contributed by atoms with van der Waals surface area (Å²) in [6, 6.07) is 4.05. The number of nitrogens with zero attached hydrogens (tertiary/aromatic N) is 1. The van der Waals surface area contributed by atoms with Crippen molar-refractivity contribution in [2.24, 2.45) is 5.10 Å². The summed E-state index contributed by atoms with van der Waals surface area (Å²) in [5.74, 6) is 0.863. The number of carbonyl (C=O) groups excluding carboxylic acids is 1. The number of methoxy groups -OCH3 is 1. The monoisotopic (exact) mass is 456 g/mol. The summed E-state index contributed by atoms with van der Waals surface area (Å²) in [7, 11) is 1.66. The molecule has 1 aliphatic heterocycles. The van der Waals surface area contributed by atoms with Crippen molar-refractivity contribution < 1.29 is 9.53 Å². The van der Waals surface area contributed by atoms with E-state index in [2.05, 4.69) is 55.7 Å². The number of benzene rings is 1. The maximum absolute atomic E-state index is 11.0. The Labute approximate surface area is 126 Å². The van der Waals surface area contributed by atoms with E-state index < -0.39 is 0 Å². The minimum absolute atomic E-state index is 0.0216. The van der Waals surface area contributed by atoms with Crippen LogP contribution in [0.2, 0.25) is 0 Å². The molecule has 1 aromatic carbocycles. The Morgan fingerprint density at radius 1 is 1.29 bits per heavy atom. The standard InChI is InChI=1S/C11H10I2N2O2/c1-17-11-7(12)4-6(5-8(11)13)9-2-3-10(16)15-14-9/h4-5H,2-3H2,1H3,(H,15,16). The normalized spacial score (nSPS) is 15.2. The first-order valence-corrected chi connectivity index (χ1v) is 7.16. The van der Waals surface area contributed by atoms with Crippen molar-refractivity contribution in [3.63, 3.8) is 0 Å². The van der Waals surface area contributed by atoms with Crippen molar-refractivity contribution >= 4 is 56.8 Å². The number of carbonyl (C=O) groups is 1. The average molecular weight is 456 g/mol. The number of ether oxygens (including phenoxy) is 1. The molecule has 6 heteroatoms. The summed E-state index contributed by atoms with van der Waals surface area (Å²) < 4.78 is 7.41. The second-order valence-electron chi connectivity index (χ2n) is 3.57. The van der Waals surface area contributed by atoms with Crippen LogP contribution in [-0.2, 0) is 4.79 Å². The molecule has 0 aromatic heterocycles. The number of amides is 1. The van der Waals surface area contributed by atoms with Gasteiger partial charge in [-0.3, -0.25) is 4.79 Å². The quantitative estimate of drug-likeness (QED) is 0.697. The van der Waals surface area contributed by atoms with E-state index in [1.165, 1.54) is 0 Å². The number of halogens is 2. The third kappa shape index (κ3) is 2.90. The highest BCUT2D eigenvalue weighted by molar-refractivity contribution is 14.1. The molecule has 0 spiro atoms. The van der Waals surface area contributed by atoms with Crippen LogP contribution < -0.4 is 10.2 Å². The van der Waals surface area contributed by atoms with Gasteiger partial charge in [0.15, 0.2) is 0 Å². The minimum Gasteiger partial charge on any atom is -0.495 e. The van der Waals surface area contributed by atoms with E-state index in [1.54, 1.807) is 7.11 Å². The number of rotatable bonds is 2. The summed E-state index contributed by atoms with van der Waals surface area (Å²) >= 11 is 4.48. The predicted molar refractivity (Wildman–Crippen MR) is 82.3 cm³/mol. The number of hydrogen-bond acceptors (Lipinski definition) is 3. The van der Waals surface area contributed by atoms with E-state index in [0.717, 1.165) is 24.2 Å². The van der Waals surface area contributed by atoms with E-state index in [-0.39, 0.29) is 5.91 Å². The molecule has 0 fully saturated rings. The lowest BCUT2D eigenvalue weighted by Gasteiger charge is -2.14. The molecular weight excluding hydrogens is 446 g/mol. The van der Waals surface area contributed by atoms with Crippen LogP contribution in [-0.4, -0.2) is 18.7 Å². The molecule has 0 aliphatic carbocycles. The van der Waals surface area contributed by atoms with Gasteiger partial charge in [0.25, 0.3) is 0 Å². The van der Waals surface area contributed by atoms with Gasteiger partial charge in [-0.2, -0.15) is 5.10 Å². The molecule has 0 saturated carbocycles. The second-order valence-corrected chi connectivity index (χ2v) is 5.89. The van der Waals surface area contributed by atoms with E-state index in [4.69, 9.17) is 4.74 Å². The van der Waals surface area contributed by atoms with Crippen LogP contribution in [0.1, 0.15) is 18.4 Å². The molecule has 90 valence electrons. The molecule has 2 rings (SSSR count). The molecule has 17 heavy (non-hydrogen) atoms. The Bertz CT molecular complexity index is 477. The Morgan fingerprint density at radius 3 is 2.41 bits per heavy atom. The molecule has 4 nitrogen and oxygen atoms in total. The van der Waals surface area contributed by atoms with Crippen molar-refractivity contribution in [2.75, 3.05) is 7.11 Å². The Hall–Kier alpha value is -0.380. The largest absolute Gasteiger partial charge is 0.495 e. The van der Waals surface area contributed by atoms with Crippen molar-refractivity contribution in [3.8, 4) is 5.75 Å². The maximum Gasteiger partial charge on any atom is 0.240 e. The fourth-order valence-electron chi connectivity index (χ4n) is 1.60. The third-order valence-electron chi connectivity index (χ3n) is 2.44. The van der Waals surface area contributed by atoms with Gasteiger partial charge in [0.2, 0.25) is 5.91 Å². The van der Waals surface area contributed by atoms with Gasteiger partial charge < -0.3 is 4.74 Å². The van der Waals surface area contributed by atoms with Crippen LogP contribution in [0.25, 0.3) is 0 Å². The fraction of sp³-hybridized carbons (Fsp3) is 0.273. The first-order chi connectivity index (χ1) is 8.11. The molecule has 1 amide bonds. The molecule has 0 radical (unpaired) electrons. The van der Waals surface area contributed by atoms with Gasteiger partial charge >= 0.3 is 0 Å². The van der Waals surface area contributed by atoms with Crippen molar-refractivity contribution in [3.05, 3.63) is 24.8 Å². The molecule has 1 heterocycles. The SMILES string of the molecule is COc1c(I)cc(C2=NNC(=O)CC2)cc1I. The van der Waals surface area contributed by atoms with Crippen LogP contribution >= 0.6 is 45.2 Å². The summed E-state index contributed by atoms with van der Waals surface area (Å²) in [5, 5.41) is 4.09. The maximum atomic E-state index is 11.0. The smallest absolute Gasteiger partial charge is 0.240 e. The molecule has 0 atom stereocenters. The summed E-state index contributed by atoms with van der Waals surface area (Å²) in [6.45, 7) is 0. The van der Waals surface area contributed by atoms with E-state index in [1.807, 2.05) is 12.1 Å². The zero-order chi connectivity index (χ0) is 12.4. The molecule has 1 aromatic rings. The molecule has 1 N–H and O–H groups in total. The van der Waals surface area contributed by atoms with Crippen molar-refractivity contribution in [1.29, 1.82) is 0 Å². The molecule has 0 unspecified atom stereocenters. The van der Waals surface area contributed by atoms with Crippen LogP contribution in [0.15, 0.2) is 17.2 Å². The lowest BCUT2D eigenvalue weighted by Crippen LogP contribution is -2.26. The molecule has 1 aliphatic rings. The van der Waals surface area contributed by atoms with Crippen LogP contribution in [0.5, 0.6) is 5.75 Å². The number of hydrazone groups is 1. The number of hydrogen-bond donors (Lipinski definition) is 1. The van der Waals surface area contributed by atoms with Crippen molar-refractivity contribution in [1.82, 2.24) is 5.43 Å². The summed E-state index contributed by atoms with van der Waals surface area (Å²) in [6.07, 6.45) is 1.18. The van der Waals surface area contributed by atoms with E-state index in [0.29, 0.717) is 12.8 Å². The van der Waals surface area contributed by atoms with Gasteiger partial charge in [0.05, 0.1) is 20.0 Å². The first-order valence-electron chi connectivity index (χ1n) is 5.00. The first kappa shape index (κ1) is 13.1. The topological polar surface area (TPSA) is 50.7 Å². The highest BCUT2D eigenvalue weighted by Crippen LogP contribution is 2.29. The summed E-state index contributed by atoms with van der Waals surface area (Å²) in [5.41, 5.74) is 4.47. The van der Waals surface area contributed by atoms with Crippen molar-refractivity contribution in [2.45, 2.75) is 12.8 Å². The Balaban J connectivity index is 2.37. The zero-order valence-electron chi connectivity index (χ0n) is 9.09. The summed E-state index contributed by atoms with van der Waals surface area (Å²) in [4.78, 5) is 11.0. The average Bonchev–Trinajstić information content (AvgIpc) is 2.29. The molecule has 0 bridgehead atoms. The fourth-order valence-corrected chi connectivity index (χ4v) is 3.81. The lowest BCUT2D eigenvalue weighted by molar-refractivity contribution is -0.121. The molecular formula is C11H10I2N2O2. The van der Waals surface area contributed by atoms with Gasteiger partial charge in [-0.15, -0.1) is 0 Å². The molecule has 0 saturated heterocycles. The van der Waals surface area contributed by atoms with E-state index in [9.17, 15) is 4.79 Å². The predicted octanol–water partition coefficient (Wildman–Crippen LogP) is 2.52. The zero-order valence-corrected chi connectivity index (χ0v) is 13.4. The van der Waals surface area contributed by atoms with Gasteiger partial charge in [0.1, 0.15) is 5.75 Å². The van der Waals surface area contributed by atoms with Crippen LogP contribution in [0, 0.1) is 7.14 Å². The van der Waals surface area contributed by atoms with Gasteiger partial charge in [0, 0.05) is 18.4 Å². The number of nitrogens with one attached hydrogen (secondary N) is 1. The lowest BCUT2D eigenvalue weighted by atomic mass is 10.0. The van der Waals surface area contributed by atoms with Gasteiger partial charge in [-0.05, 0) is 57.3 Å². The van der Waals surface area contributed by atoms with Crippen LogP contribution in [0.3, 0.4) is 0 Å². The van der Waals surface area contributed by atoms with E-state index >= 15 is 0 Å². The Morgan fingerprint density at radius 2 is 1.94 bits per heavy atom. The highest BCUT2D eigenvalue weighted by Gasteiger charge is 2.16. The van der Waals surface area contributed by atoms with Gasteiger partial charge in [-0.25, -0.2) is 5.43 Å². The van der Waals surface area contributed by atoms with Gasteiger partial charge in [-0.1, -0.05) is 0 Å². The Kier molecular flexibility index (Phi) is 4.23. The van der Waals surface area contributed by atoms with Crippen LogP contribution in [0.4, 0.5) is 0 Å². The minimum atomic E-state index is -0.0216.